The molecule has 2 saturated heterocycles. The minimum absolute atomic E-state index is 0.0438. The fourth-order valence-corrected chi connectivity index (χ4v) is 9.09. The summed E-state index contributed by atoms with van der Waals surface area (Å²) < 4.78 is 17.4. The molecule has 3 fully saturated rings. The van der Waals surface area contributed by atoms with Crippen molar-refractivity contribution >= 4 is 28.7 Å². The smallest absolute Gasteiger partial charge is 0.286 e. The van der Waals surface area contributed by atoms with Crippen molar-refractivity contribution in [3.63, 3.8) is 0 Å². The molecular formula is C37H41N3O7S. The van der Waals surface area contributed by atoms with Crippen molar-refractivity contribution in [1.82, 2.24) is 15.2 Å². The number of likely N-dealkylation sites (N-methyl/N-ethyl adjacent to an activating group) is 1. The average molecular weight is 672 g/mol. The number of ether oxygens (including phenoxy) is 3. The minimum atomic E-state index is -0.900. The van der Waals surface area contributed by atoms with Gasteiger partial charge in [-0.1, -0.05) is 43.0 Å². The Bertz CT molecular complexity index is 1730. The van der Waals surface area contributed by atoms with Crippen LogP contribution in [0.25, 0.3) is 0 Å². The molecule has 11 heteroatoms. The Hall–Kier alpha value is -3.93. The van der Waals surface area contributed by atoms with Gasteiger partial charge in [0.15, 0.2) is 23.4 Å². The number of benzene rings is 2. The number of imide groups is 1. The first-order valence-corrected chi connectivity index (χ1v) is 17.5. The van der Waals surface area contributed by atoms with Crippen molar-refractivity contribution in [3.05, 3.63) is 82.7 Å². The van der Waals surface area contributed by atoms with Gasteiger partial charge in [-0.15, -0.1) is 0 Å². The fourth-order valence-electron chi connectivity index (χ4n) is 8.23. The molecule has 1 unspecified atom stereocenters. The summed E-state index contributed by atoms with van der Waals surface area (Å²) in [6, 6.07) is 15.8. The number of likely N-dealkylation sites (tertiary alicyclic amines) is 1. The van der Waals surface area contributed by atoms with Crippen LogP contribution in [0.2, 0.25) is 0 Å². The van der Waals surface area contributed by atoms with E-state index in [-0.39, 0.29) is 28.2 Å². The molecule has 2 aliphatic carbocycles. The second-order valence-electron chi connectivity index (χ2n) is 13.3. The van der Waals surface area contributed by atoms with E-state index < -0.39 is 17.1 Å². The van der Waals surface area contributed by atoms with Crippen molar-refractivity contribution in [3.8, 4) is 17.2 Å². The number of aryl methyl sites for hydroxylation is 1. The Labute approximate surface area is 284 Å². The minimum Gasteiger partial charge on any atom is -0.493 e. The van der Waals surface area contributed by atoms with Crippen molar-refractivity contribution in [1.29, 1.82) is 0 Å². The number of aliphatic hydroxyl groups is 1. The van der Waals surface area contributed by atoms with Crippen LogP contribution in [0.4, 0.5) is 4.79 Å². The number of amides is 2. The molecule has 3 aliphatic heterocycles. The first-order valence-electron chi connectivity index (χ1n) is 16.7. The van der Waals surface area contributed by atoms with Gasteiger partial charge >= 0.3 is 0 Å². The zero-order valence-electron chi connectivity index (χ0n) is 27.5. The molecule has 1 spiro atoms. The summed E-state index contributed by atoms with van der Waals surface area (Å²) in [5, 5.41) is 13.4. The lowest BCUT2D eigenvalue weighted by Gasteiger charge is -2.62. The number of rotatable bonds is 8. The van der Waals surface area contributed by atoms with E-state index in [1.807, 2.05) is 42.6 Å². The largest absolute Gasteiger partial charge is 0.493 e. The number of nitrogens with one attached hydrogen (secondary N) is 1. The molecule has 1 saturated carbocycles. The lowest BCUT2D eigenvalue weighted by atomic mass is 9.49. The molecule has 252 valence electrons. The Morgan fingerprint density at radius 2 is 1.88 bits per heavy atom. The zero-order chi connectivity index (χ0) is 33.6. The summed E-state index contributed by atoms with van der Waals surface area (Å²) in [6.45, 7) is 3.54. The predicted molar refractivity (Wildman–Crippen MR) is 181 cm³/mol. The number of piperidine rings is 1. The van der Waals surface area contributed by atoms with Gasteiger partial charge in [-0.05, 0) is 86.7 Å². The lowest BCUT2D eigenvalue weighted by molar-refractivity contribution is -0.185. The van der Waals surface area contributed by atoms with E-state index in [1.165, 1.54) is 11.1 Å². The average Bonchev–Trinajstić information content (AvgIpc) is 3.61. The Morgan fingerprint density at radius 3 is 2.56 bits per heavy atom. The molecule has 0 radical (unpaired) electrons. The van der Waals surface area contributed by atoms with Crippen molar-refractivity contribution < 1.29 is 33.7 Å². The quantitative estimate of drug-likeness (QED) is 0.360. The fraction of sp³-hybridized carbons (Fsp3) is 0.459. The highest BCUT2D eigenvalue weighted by Gasteiger charge is 2.72. The zero-order valence-corrected chi connectivity index (χ0v) is 28.3. The molecule has 2 bridgehead atoms. The third-order valence-electron chi connectivity index (χ3n) is 10.8. The van der Waals surface area contributed by atoms with Crippen LogP contribution in [-0.2, 0) is 40.7 Å². The molecular weight excluding hydrogens is 630 g/mol. The second-order valence-corrected chi connectivity index (χ2v) is 14.5. The molecule has 48 heavy (non-hydrogen) atoms. The maximum Gasteiger partial charge on any atom is 0.286 e. The number of Topliss-reactive ketones (excluding diaryl/α,β-unsaturated/α-hetero) is 1. The molecule has 5 atom stereocenters. The summed E-state index contributed by atoms with van der Waals surface area (Å²) in [7, 11) is 3.70. The maximum atomic E-state index is 12.7. The van der Waals surface area contributed by atoms with Crippen molar-refractivity contribution in [2.75, 3.05) is 27.3 Å². The Balaban J connectivity index is 0.000000152. The maximum absolute atomic E-state index is 12.7. The SMILES string of the molecule is CCc1ccc(CCOc2ccc(CC3SC(=O)NC3=O)cc2)nc1.COc1ccc2c3c1O[C@H]1C(=O)CC[C@@]4(O)[C@@H](C2)N(C)CC[C@]314. The van der Waals surface area contributed by atoms with Gasteiger partial charge in [-0.2, -0.15) is 0 Å². The number of aromatic nitrogens is 1. The third kappa shape index (κ3) is 5.45. The number of pyridine rings is 1. The summed E-state index contributed by atoms with van der Waals surface area (Å²) in [6.07, 6.45) is 6.09. The molecule has 3 aromatic rings. The van der Waals surface area contributed by atoms with Crippen molar-refractivity contribution in [2.24, 2.45) is 0 Å². The number of carbonyl (C=O) groups is 3. The topological polar surface area (TPSA) is 127 Å². The number of hydrogen-bond donors (Lipinski definition) is 2. The predicted octanol–water partition coefficient (Wildman–Crippen LogP) is 4.21. The number of methoxy groups -OCH3 is 1. The monoisotopic (exact) mass is 671 g/mol. The highest BCUT2D eigenvalue weighted by molar-refractivity contribution is 8.15. The number of nitrogens with zero attached hydrogens (tertiary/aromatic N) is 2. The molecule has 2 aromatic carbocycles. The van der Waals surface area contributed by atoms with E-state index in [1.54, 1.807) is 7.11 Å². The molecule has 4 heterocycles. The van der Waals surface area contributed by atoms with Crippen LogP contribution in [0.5, 0.6) is 17.2 Å². The van der Waals surface area contributed by atoms with Gasteiger partial charge in [0.2, 0.25) is 5.91 Å². The van der Waals surface area contributed by atoms with Crippen LogP contribution in [0, 0.1) is 0 Å². The van der Waals surface area contributed by atoms with Crippen LogP contribution >= 0.6 is 11.8 Å². The third-order valence-corrected chi connectivity index (χ3v) is 11.7. The summed E-state index contributed by atoms with van der Waals surface area (Å²) in [5.41, 5.74) is 3.99. The Kier molecular flexibility index (Phi) is 8.72. The number of carbonyl (C=O) groups excluding carboxylic acids is 3. The van der Waals surface area contributed by atoms with Crippen LogP contribution in [0.15, 0.2) is 54.7 Å². The Morgan fingerprint density at radius 1 is 1.08 bits per heavy atom. The van der Waals surface area contributed by atoms with Gasteiger partial charge in [0.25, 0.3) is 5.24 Å². The van der Waals surface area contributed by atoms with E-state index in [0.29, 0.717) is 37.4 Å². The van der Waals surface area contributed by atoms with Gasteiger partial charge < -0.3 is 24.2 Å². The molecule has 2 amide bonds. The van der Waals surface area contributed by atoms with Gasteiger partial charge in [0, 0.05) is 36.3 Å². The van der Waals surface area contributed by atoms with E-state index >= 15 is 0 Å². The van der Waals surface area contributed by atoms with Gasteiger partial charge in [0.05, 0.1) is 30.0 Å². The number of ketones is 1. The summed E-state index contributed by atoms with van der Waals surface area (Å²) >= 11 is 1.05. The summed E-state index contributed by atoms with van der Waals surface area (Å²) in [5.74, 6) is 2.04. The molecule has 8 rings (SSSR count). The van der Waals surface area contributed by atoms with Crippen LogP contribution in [0.1, 0.15) is 54.1 Å². The van der Waals surface area contributed by atoms with E-state index in [4.69, 9.17) is 14.2 Å². The van der Waals surface area contributed by atoms with Crippen molar-refractivity contribution in [2.45, 2.75) is 80.3 Å². The highest BCUT2D eigenvalue weighted by Crippen LogP contribution is 2.64. The van der Waals surface area contributed by atoms with Crippen LogP contribution < -0.4 is 19.5 Å². The number of hydrogen-bond acceptors (Lipinski definition) is 10. The highest BCUT2D eigenvalue weighted by atomic mass is 32.2. The first-order chi connectivity index (χ1) is 23.2. The van der Waals surface area contributed by atoms with E-state index in [2.05, 4.69) is 41.3 Å². The van der Waals surface area contributed by atoms with E-state index in [0.717, 1.165) is 66.6 Å². The number of thioether (sulfide) groups is 1. The standard InChI is InChI=1S/C19H20N2O3S.C18H21NO4/c1-2-13-3-6-15(20-12-13)9-10-24-16-7-4-14(5-8-16)11-17-18(22)21-19(23)25-17;1-19-8-7-17-14-10-3-4-12(22-2)15(14)23-16(17)11(20)5-6-18(17,21)13(19)9-10/h3-8,12,17H,2,9-11H2,1H3,(H,21,22,23);3-4,13,16,21H,5-9H2,1-2H3/t;13-,16+,17+,18-/m.1/s1. The molecule has 2 N–H and O–H groups in total. The normalized spacial score (nSPS) is 28.2. The van der Waals surface area contributed by atoms with E-state index in [9.17, 15) is 19.5 Å². The molecule has 5 aliphatic rings. The van der Waals surface area contributed by atoms with Gasteiger partial charge in [-0.25, -0.2) is 0 Å². The van der Waals surface area contributed by atoms with Crippen LogP contribution in [-0.4, -0.2) is 82.2 Å². The molecule has 10 nitrogen and oxygen atoms in total. The molecule has 1 aromatic heterocycles. The summed E-state index contributed by atoms with van der Waals surface area (Å²) in [4.78, 5) is 42.1. The first kappa shape index (κ1) is 32.6. The second kappa shape index (κ2) is 12.8. The van der Waals surface area contributed by atoms with Crippen LogP contribution in [0.3, 0.4) is 0 Å². The van der Waals surface area contributed by atoms with Gasteiger partial charge in [0.1, 0.15) is 5.75 Å². The van der Waals surface area contributed by atoms with Gasteiger partial charge in [-0.3, -0.25) is 24.7 Å². The lowest BCUT2D eigenvalue weighted by Crippen LogP contribution is -2.76.